The van der Waals surface area contributed by atoms with Crippen molar-refractivity contribution in [3.05, 3.63) is 82.3 Å². The second-order valence-corrected chi connectivity index (χ2v) is 6.23. The molecule has 132 valence electrons. The molecule has 0 radical (unpaired) electrons. The van der Waals surface area contributed by atoms with Crippen LogP contribution in [0, 0.1) is 0 Å². The van der Waals surface area contributed by atoms with Crippen LogP contribution in [-0.2, 0) is 11.4 Å². The SMILES string of the molecule is NC(=O)C(NC(=O)c1cccc(OCc2cscn2)c1)c1ccccc1. The minimum Gasteiger partial charge on any atom is -0.487 e. The van der Waals surface area contributed by atoms with E-state index in [0.29, 0.717) is 23.5 Å². The predicted molar refractivity (Wildman–Crippen MR) is 98.7 cm³/mol. The lowest BCUT2D eigenvalue weighted by Gasteiger charge is -2.16. The summed E-state index contributed by atoms with van der Waals surface area (Å²) in [4.78, 5) is 28.4. The largest absolute Gasteiger partial charge is 0.487 e. The maximum atomic E-state index is 12.5. The molecular weight excluding hydrogens is 350 g/mol. The number of carbonyl (C=O) groups excluding carboxylic acids is 2. The number of hydrogen-bond donors (Lipinski definition) is 2. The number of primary amides is 1. The van der Waals surface area contributed by atoms with Gasteiger partial charge in [-0.25, -0.2) is 4.98 Å². The number of amides is 2. The second kappa shape index (κ2) is 8.26. The summed E-state index contributed by atoms with van der Waals surface area (Å²) in [6, 6.07) is 14.7. The molecule has 7 heteroatoms. The first-order chi connectivity index (χ1) is 12.6. The Bertz CT molecular complexity index is 882. The van der Waals surface area contributed by atoms with Gasteiger partial charge in [0.25, 0.3) is 5.91 Å². The Morgan fingerprint density at radius 1 is 1.15 bits per heavy atom. The maximum Gasteiger partial charge on any atom is 0.252 e. The van der Waals surface area contributed by atoms with Gasteiger partial charge in [-0.1, -0.05) is 36.4 Å². The molecule has 3 N–H and O–H groups in total. The fourth-order valence-corrected chi connectivity index (χ4v) is 2.91. The summed E-state index contributed by atoms with van der Waals surface area (Å²) >= 11 is 1.49. The van der Waals surface area contributed by atoms with Crippen LogP contribution in [0.3, 0.4) is 0 Å². The van der Waals surface area contributed by atoms with Gasteiger partial charge in [0.2, 0.25) is 5.91 Å². The molecule has 1 atom stereocenters. The Hall–Kier alpha value is -3.19. The van der Waals surface area contributed by atoms with Crippen LogP contribution in [0.15, 0.2) is 65.5 Å². The second-order valence-electron chi connectivity index (χ2n) is 5.52. The van der Waals surface area contributed by atoms with Crippen molar-refractivity contribution in [2.75, 3.05) is 0 Å². The van der Waals surface area contributed by atoms with Gasteiger partial charge >= 0.3 is 0 Å². The molecule has 1 heterocycles. The van der Waals surface area contributed by atoms with Crippen LogP contribution in [0.2, 0.25) is 0 Å². The molecule has 1 unspecified atom stereocenters. The van der Waals surface area contributed by atoms with Crippen LogP contribution in [0.5, 0.6) is 5.75 Å². The number of rotatable bonds is 7. The van der Waals surface area contributed by atoms with Crippen LogP contribution in [0.1, 0.15) is 27.7 Å². The summed E-state index contributed by atoms with van der Waals surface area (Å²) in [5.74, 6) is -0.488. The predicted octanol–water partition coefficient (Wildman–Crippen LogP) is 2.68. The molecule has 3 aromatic rings. The summed E-state index contributed by atoms with van der Waals surface area (Å²) in [6.07, 6.45) is 0. The Kier molecular flexibility index (Phi) is 5.60. The van der Waals surface area contributed by atoms with E-state index in [2.05, 4.69) is 10.3 Å². The molecule has 2 amide bonds. The van der Waals surface area contributed by atoms with Gasteiger partial charge in [0.1, 0.15) is 18.4 Å². The summed E-state index contributed by atoms with van der Waals surface area (Å²) in [7, 11) is 0. The summed E-state index contributed by atoms with van der Waals surface area (Å²) in [5, 5.41) is 4.56. The van der Waals surface area contributed by atoms with E-state index in [1.807, 2.05) is 11.4 Å². The number of benzene rings is 2. The minimum atomic E-state index is -0.900. The first kappa shape index (κ1) is 17.6. The molecule has 2 aromatic carbocycles. The summed E-state index contributed by atoms with van der Waals surface area (Å²) < 4.78 is 5.65. The summed E-state index contributed by atoms with van der Waals surface area (Å²) in [5.41, 5.74) is 9.00. The number of aromatic nitrogens is 1. The van der Waals surface area contributed by atoms with Crippen LogP contribution < -0.4 is 15.8 Å². The van der Waals surface area contributed by atoms with Crippen molar-refractivity contribution in [2.45, 2.75) is 12.6 Å². The molecule has 0 saturated heterocycles. The number of ether oxygens (including phenoxy) is 1. The van der Waals surface area contributed by atoms with Crippen LogP contribution in [0.25, 0.3) is 0 Å². The van der Waals surface area contributed by atoms with Gasteiger partial charge < -0.3 is 15.8 Å². The highest BCUT2D eigenvalue weighted by atomic mass is 32.1. The minimum absolute atomic E-state index is 0.322. The van der Waals surface area contributed by atoms with Crippen LogP contribution in [0.4, 0.5) is 0 Å². The third-order valence-electron chi connectivity index (χ3n) is 3.66. The average Bonchev–Trinajstić information content (AvgIpc) is 3.18. The van der Waals surface area contributed by atoms with E-state index in [0.717, 1.165) is 5.69 Å². The number of hydrogen-bond acceptors (Lipinski definition) is 5. The lowest BCUT2D eigenvalue weighted by atomic mass is 10.1. The lowest BCUT2D eigenvalue weighted by molar-refractivity contribution is -0.120. The highest BCUT2D eigenvalue weighted by molar-refractivity contribution is 7.07. The average molecular weight is 367 g/mol. The van der Waals surface area contributed by atoms with Crippen molar-refractivity contribution < 1.29 is 14.3 Å². The zero-order valence-corrected chi connectivity index (χ0v) is 14.6. The van der Waals surface area contributed by atoms with E-state index in [9.17, 15) is 9.59 Å². The number of nitrogens with two attached hydrogens (primary N) is 1. The zero-order valence-electron chi connectivity index (χ0n) is 13.8. The number of nitrogens with zero attached hydrogens (tertiary/aromatic N) is 1. The van der Waals surface area contributed by atoms with Crippen molar-refractivity contribution in [3.8, 4) is 5.75 Å². The molecule has 1 aromatic heterocycles. The highest BCUT2D eigenvalue weighted by Crippen LogP contribution is 2.17. The molecular formula is C19H17N3O3S. The Balaban J connectivity index is 1.70. The molecule has 26 heavy (non-hydrogen) atoms. The van der Waals surface area contributed by atoms with E-state index in [1.54, 1.807) is 54.0 Å². The summed E-state index contributed by atoms with van der Waals surface area (Å²) in [6.45, 7) is 0.322. The molecule has 0 fully saturated rings. The van der Waals surface area contributed by atoms with E-state index in [1.165, 1.54) is 11.3 Å². The van der Waals surface area contributed by atoms with E-state index in [4.69, 9.17) is 10.5 Å². The van der Waals surface area contributed by atoms with Gasteiger partial charge in [0, 0.05) is 10.9 Å². The maximum absolute atomic E-state index is 12.5. The third-order valence-corrected chi connectivity index (χ3v) is 4.29. The van der Waals surface area contributed by atoms with Gasteiger partial charge in [-0.2, -0.15) is 0 Å². The molecule has 0 aliphatic carbocycles. The number of carbonyl (C=O) groups is 2. The first-order valence-electron chi connectivity index (χ1n) is 7.88. The van der Waals surface area contributed by atoms with Gasteiger partial charge in [0.05, 0.1) is 11.2 Å². The Morgan fingerprint density at radius 3 is 2.65 bits per heavy atom. The normalized spacial score (nSPS) is 11.5. The first-order valence-corrected chi connectivity index (χ1v) is 8.83. The number of nitrogens with one attached hydrogen (secondary N) is 1. The Labute approximate surface area is 154 Å². The van der Waals surface area contributed by atoms with Crippen LogP contribution in [-0.4, -0.2) is 16.8 Å². The van der Waals surface area contributed by atoms with Crippen molar-refractivity contribution in [1.29, 1.82) is 0 Å². The van der Waals surface area contributed by atoms with Crippen molar-refractivity contribution in [3.63, 3.8) is 0 Å². The number of thiazole rings is 1. The van der Waals surface area contributed by atoms with Crippen molar-refractivity contribution in [2.24, 2.45) is 5.73 Å². The molecule has 6 nitrogen and oxygen atoms in total. The van der Waals surface area contributed by atoms with Gasteiger partial charge in [-0.3, -0.25) is 9.59 Å². The fraction of sp³-hybridized carbons (Fsp3) is 0.105. The third kappa shape index (κ3) is 4.46. The standard InChI is InChI=1S/C19H17N3O3S/c20-18(23)17(13-5-2-1-3-6-13)22-19(24)14-7-4-8-16(9-14)25-10-15-11-26-12-21-15/h1-9,11-12,17H,10H2,(H2,20,23)(H,22,24). The molecule has 0 aliphatic heterocycles. The quantitative estimate of drug-likeness (QED) is 0.671. The zero-order chi connectivity index (χ0) is 18.4. The molecule has 0 spiro atoms. The molecule has 0 saturated carbocycles. The molecule has 0 bridgehead atoms. The molecule has 3 rings (SSSR count). The van der Waals surface area contributed by atoms with E-state index >= 15 is 0 Å². The van der Waals surface area contributed by atoms with E-state index < -0.39 is 17.9 Å². The Morgan fingerprint density at radius 2 is 1.96 bits per heavy atom. The van der Waals surface area contributed by atoms with Gasteiger partial charge in [0.15, 0.2) is 0 Å². The monoisotopic (exact) mass is 367 g/mol. The highest BCUT2D eigenvalue weighted by Gasteiger charge is 2.20. The molecule has 0 aliphatic rings. The smallest absolute Gasteiger partial charge is 0.252 e. The lowest BCUT2D eigenvalue weighted by Crippen LogP contribution is -2.37. The van der Waals surface area contributed by atoms with Crippen molar-refractivity contribution in [1.82, 2.24) is 10.3 Å². The van der Waals surface area contributed by atoms with Gasteiger partial charge in [-0.05, 0) is 23.8 Å². The van der Waals surface area contributed by atoms with Crippen LogP contribution >= 0.6 is 11.3 Å². The topological polar surface area (TPSA) is 94.3 Å². The fourth-order valence-electron chi connectivity index (χ4n) is 2.37. The van der Waals surface area contributed by atoms with E-state index in [-0.39, 0.29) is 0 Å². The van der Waals surface area contributed by atoms with Gasteiger partial charge in [-0.15, -0.1) is 11.3 Å². The van der Waals surface area contributed by atoms with Crippen molar-refractivity contribution >= 4 is 23.2 Å².